The summed E-state index contributed by atoms with van der Waals surface area (Å²) in [7, 11) is 0. The average Bonchev–Trinajstić information content (AvgIpc) is 2.52. The van der Waals surface area contributed by atoms with Crippen LogP contribution in [0.15, 0.2) is 42.5 Å². The highest BCUT2D eigenvalue weighted by atomic mass is 16.7. The summed E-state index contributed by atoms with van der Waals surface area (Å²) in [5.41, 5.74) is 0.667. The molecule has 4 heteroatoms. The van der Waals surface area contributed by atoms with Gasteiger partial charge in [-0.2, -0.15) is 0 Å². The van der Waals surface area contributed by atoms with Crippen molar-refractivity contribution in [2.45, 2.75) is 20.1 Å². The summed E-state index contributed by atoms with van der Waals surface area (Å²) in [5.74, 6) is -0.115. The first-order chi connectivity index (χ1) is 10.3. The number of ether oxygens (including phenoxy) is 2. The van der Waals surface area contributed by atoms with E-state index < -0.39 is 6.29 Å². The molecular weight excluding hydrogens is 266 g/mol. The van der Waals surface area contributed by atoms with E-state index in [0.29, 0.717) is 25.3 Å². The van der Waals surface area contributed by atoms with Crippen LogP contribution in [0, 0.1) is 0 Å². The number of carbonyl (C=O) groups is 1. The van der Waals surface area contributed by atoms with Gasteiger partial charge in [-0.05, 0) is 30.7 Å². The summed E-state index contributed by atoms with van der Waals surface area (Å²) in [4.78, 5) is 12.3. The second-order valence-corrected chi connectivity index (χ2v) is 4.58. The molecule has 0 bridgehead atoms. The summed E-state index contributed by atoms with van der Waals surface area (Å²) in [5, 5.41) is 4.87. The Kier molecular flexibility index (Phi) is 5.72. The van der Waals surface area contributed by atoms with Gasteiger partial charge in [0, 0.05) is 18.8 Å². The molecule has 0 saturated heterocycles. The van der Waals surface area contributed by atoms with Crippen LogP contribution in [0.1, 0.15) is 24.2 Å². The van der Waals surface area contributed by atoms with E-state index in [1.165, 1.54) is 0 Å². The minimum atomic E-state index is -0.404. The Morgan fingerprint density at radius 2 is 1.71 bits per heavy atom. The molecule has 0 spiro atoms. The Balaban J connectivity index is 2.08. The third kappa shape index (κ3) is 4.03. The first-order valence-electron chi connectivity index (χ1n) is 7.25. The van der Waals surface area contributed by atoms with Crippen LogP contribution in [-0.2, 0) is 9.47 Å². The van der Waals surface area contributed by atoms with Gasteiger partial charge in [0.05, 0.1) is 6.54 Å². The SMILES string of the molecule is CCOC(CNC(=O)c1cccc2ccccc12)OCC. The van der Waals surface area contributed by atoms with Crippen LogP contribution in [0.5, 0.6) is 0 Å². The molecule has 1 N–H and O–H groups in total. The normalized spacial score (nSPS) is 11.0. The van der Waals surface area contributed by atoms with Crippen LogP contribution < -0.4 is 5.32 Å². The van der Waals surface area contributed by atoms with Crippen molar-refractivity contribution >= 4 is 16.7 Å². The van der Waals surface area contributed by atoms with E-state index in [0.717, 1.165) is 10.8 Å². The highest BCUT2D eigenvalue weighted by Gasteiger charge is 2.13. The van der Waals surface area contributed by atoms with Gasteiger partial charge in [-0.15, -0.1) is 0 Å². The molecule has 0 saturated carbocycles. The van der Waals surface area contributed by atoms with Gasteiger partial charge in [0.2, 0.25) is 0 Å². The number of nitrogens with one attached hydrogen (secondary N) is 1. The first-order valence-corrected chi connectivity index (χ1v) is 7.25. The minimum Gasteiger partial charge on any atom is -0.351 e. The Morgan fingerprint density at radius 1 is 1.05 bits per heavy atom. The van der Waals surface area contributed by atoms with Crippen LogP contribution in [0.3, 0.4) is 0 Å². The second kappa shape index (κ2) is 7.76. The fourth-order valence-corrected chi connectivity index (χ4v) is 2.23. The largest absolute Gasteiger partial charge is 0.351 e. The van der Waals surface area contributed by atoms with Crippen LogP contribution >= 0.6 is 0 Å². The third-order valence-corrected chi connectivity index (χ3v) is 3.17. The molecule has 0 atom stereocenters. The Bertz CT molecular complexity index is 586. The maximum absolute atomic E-state index is 12.3. The van der Waals surface area contributed by atoms with E-state index in [4.69, 9.17) is 9.47 Å². The molecule has 1 amide bonds. The average molecular weight is 287 g/mol. The van der Waals surface area contributed by atoms with Crippen LogP contribution in [-0.4, -0.2) is 32.0 Å². The Morgan fingerprint density at radius 3 is 2.43 bits per heavy atom. The monoisotopic (exact) mass is 287 g/mol. The fraction of sp³-hybridized carbons (Fsp3) is 0.353. The molecule has 0 radical (unpaired) electrons. The predicted molar refractivity (Wildman–Crippen MR) is 83.3 cm³/mol. The zero-order valence-corrected chi connectivity index (χ0v) is 12.5. The maximum Gasteiger partial charge on any atom is 0.252 e. The quantitative estimate of drug-likeness (QED) is 0.796. The van der Waals surface area contributed by atoms with Gasteiger partial charge < -0.3 is 14.8 Å². The van der Waals surface area contributed by atoms with E-state index >= 15 is 0 Å². The van der Waals surface area contributed by atoms with Crippen molar-refractivity contribution in [3.8, 4) is 0 Å². The molecular formula is C17H21NO3. The second-order valence-electron chi connectivity index (χ2n) is 4.58. The van der Waals surface area contributed by atoms with E-state index in [-0.39, 0.29) is 5.91 Å². The molecule has 21 heavy (non-hydrogen) atoms. The zero-order chi connectivity index (χ0) is 15.1. The molecule has 0 fully saturated rings. The lowest BCUT2D eigenvalue weighted by atomic mass is 10.0. The van der Waals surface area contributed by atoms with Crippen molar-refractivity contribution in [2.24, 2.45) is 0 Å². The van der Waals surface area contributed by atoms with Crippen molar-refractivity contribution in [2.75, 3.05) is 19.8 Å². The van der Waals surface area contributed by atoms with Gasteiger partial charge in [0.25, 0.3) is 5.91 Å². The Hall–Kier alpha value is -1.91. The first kappa shape index (κ1) is 15.5. The van der Waals surface area contributed by atoms with E-state index in [1.54, 1.807) is 0 Å². The molecule has 2 aromatic rings. The van der Waals surface area contributed by atoms with E-state index in [2.05, 4.69) is 5.32 Å². The summed E-state index contributed by atoms with van der Waals surface area (Å²) in [6, 6.07) is 13.6. The standard InChI is InChI=1S/C17H21NO3/c1-3-20-16(21-4-2)12-18-17(19)15-11-7-9-13-8-5-6-10-14(13)15/h5-11,16H,3-4,12H2,1-2H3,(H,18,19). The number of carbonyl (C=O) groups excluding carboxylic acids is 1. The number of hydrogen-bond acceptors (Lipinski definition) is 3. The highest BCUT2D eigenvalue weighted by Crippen LogP contribution is 2.18. The van der Waals surface area contributed by atoms with Gasteiger partial charge in [-0.3, -0.25) is 4.79 Å². The number of benzene rings is 2. The summed E-state index contributed by atoms with van der Waals surface area (Å²) < 4.78 is 10.8. The lowest BCUT2D eigenvalue weighted by Gasteiger charge is -2.17. The number of fused-ring (bicyclic) bond motifs is 1. The minimum absolute atomic E-state index is 0.115. The van der Waals surface area contributed by atoms with E-state index in [1.807, 2.05) is 56.3 Å². The van der Waals surface area contributed by atoms with Crippen molar-refractivity contribution in [1.29, 1.82) is 0 Å². The lowest BCUT2D eigenvalue weighted by Crippen LogP contribution is -2.35. The number of hydrogen-bond donors (Lipinski definition) is 1. The summed E-state index contributed by atoms with van der Waals surface area (Å²) in [6.45, 7) is 5.24. The smallest absolute Gasteiger partial charge is 0.252 e. The van der Waals surface area contributed by atoms with Crippen molar-refractivity contribution in [3.63, 3.8) is 0 Å². The van der Waals surface area contributed by atoms with Gasteiger partial charge in [-0.25, -0.2) is 0 Å². The van der Waals surface area contributed by atoms with Gasteiger partial charge in [0.15, 0.2) is 6.29 Å². The van der Waals surface area contributed by atoms with Crippen molar-refractivity contribution in [1.82, 2.24) is 5.32 Å². The summed E-state index contributed by atoms with van der Waals surface area (Å²) in [6.07, 6.45) is -0.404. The van der Waals surface area contributed by atoms with Gasteiger partial charge in [0.1, 0.15) is 0 Å². The molecule has 2 rings (SSSR count). The molecule has 0 aliphatic rings. The topological polar surface area (TPSA) is 47.6 Å². The molecule has 0 heterocycles. The molecule has 112 valence electrons. The molecule has 0 aromatic heterocycles. The summed E-state index contributed by atoms with van der Waals surface area (Å²) >= 11 is 0. The van der Waals surface area contributed by atoms with Gasteiger partial charge in [-0.1, -0.05) is 36.4 Å². The Labute approximate surface area is 125 Å². The third-order valence-electron chi connectivity index (χ3n) is 3.17. The molecule has 2 aromatic carbocycles. The molecule has 0 unspecified atom stereocenters. The van der Waals surface area contributed by atoms with Crippen LogP contribution in [0.2, 0.25) is 0 Å². The molecule has 4 nitrogen and oxygen atoms in total. The number of amides is 1. The fourth-order valence-electron chi connectivity index (χ4n) is 2.23. The highest BCUT2D eigenvalue weighted by molar-refractivity contribution is 6.06. The van der Waals surface area contributed by atoms with Gasteiger partial charge >= 0.3 is 0 Å². The maximum atomic E-state index is 12.3. The van der Waals surface area contributed by atoms with Crippen molar-refractivity contribution in [3.05, 3.63) is 48.0 Å². The van der Waals surface area contributed by atoms with Crippen molar-refractivity contribution < 1.29 is 14.3 Å². The lowest BCUT2D eigenvalue weighted by molar-refractivity contribution is -0.131. The predicted octanol–water partition coefficient (Wildman–Crippen LogP) is 2.97. The van der Waals surface area contributed by atoms with Crippen LogP contribution in [0.4, 0.5) is 0 Å². The molecule has 0 aliphatic carbocycles. The number of rotatable bonds is 7. The van der Waals surface area contributed by atoms with Crippen LogP contribution in [0.25, 0.3) is 10.8 Å². The van der Waals surface area contributed by atoms with E-state index in [9.17, 15) is 4.79 Å². The zero-order valence-electron chi connectivity index (χ0n) is 12.5. The molecule has 0 aliphatic heterocycles.